The zero-order valence-electron chi connectivity index (χ0n) is 15.2. The van der Waals surface area contributed by atoms with Crippen LogP contribution in [0.1, 0.15) is 36.5 Å². The van der Waals surface area contributed by atoms with Crippen molar-refractivity contribution in [1.82, 2.24) is 5.01 Å². The first-order chi connectivity index (χ1) is 13.1. The summed E-state index contributed by atoms with van der Waals surface area (Å²) in [6, 6.07) is 16.0. The van der Waals surface area contributed by atoms with E-state index in [1.807, 2.05) is 30.3 Å². The number of hydrazone groups is 1. The molecule has 4 nitrogen and oxygen atoms in total. The van der Waals surface area contributed by atoms with Crippen molar-refractivity contribution in [1.29, 1.82) is 0 Å². The number of fused-ring (bicyclic) bond motifs is 2. The number of aryl methyl sites for hydroxylation is 1. The molecule has 6 heteroatoms. The summed E-state index contributed by atoms with van der Waals surface area (Å²) in [5.41, 5.74) is 9.35. The summed E-state index contributed by atoms with van der Waals surface area (Å²) < 4.78 is 0. The van der Waals surface area contributed by atoms with Gasteiger partial charge in [-0.15, -0.1) is 0 Å². The molecule has 1 heterocycles. The lowest BCUT2D eigenvalue weighted by Crippen LogP contribution is -2.49. The van der Waals surface area contributed by atoms with Gasteiger partial charge in [0.25, 0.3) is 0 Å². The second kappa shape index (κ2) is 7.30. The first-order valence-corrected chi connectivity index (χ1v) is 10.4. The Morgan fingerprint density at radius 2 is 2.15 bits per heavy atom. The summed E-state index contributed by atoms with van der Waals surface area (Å²) in [6.07, 6.45) is 2.84. The Balaban J connectivity index is 1.87. The van der Waals surface area contributed by atoms with Crippen LogP contribution in [0, 0.1) is 5.92 Å². The van der Waals surface area contributed by atoms with E-state index in [0.29, 0.717) is 11.6 Å². The van der Waals surface area contributed by atoms with E-state index in [1.165, 1.54) is 11.1 Å². The van der Waals surface area contributed by atoms with Crippen molar-refractivity contribution < 1.29 is 4.79 Å². The van der Waals surface area contributed by atoms with Gasteiger partial charge in [-0.1, -0.05) is 59.8 Å². The van der Waals surface area contributed by atoms with Crippen LogP contribution >= 0.6 is 23.4 Å². The third kappa shape index (κ3) is 3.08. The van der Waals surface area contributed by atoms with Crippen LogP contribution in [0.2, 0.25) is 5.02 Å². The molecule has 1 aliphatic carbocycles. The van der Waals surface area contributed by atoms with Crippen LogP contribution in [-0.4, -0.2) is 22.5 Å². The SMILES string of the molecule is CC(=O)N1N=C(c2cccc(Cl)c2)S[C@]12c1ccccc1CC[C@H]2CCN. The lowest BCUT2D eigenvalue weighted by atomic mass is 9.77. The van der Waals surface area contributed by atoms with Gasteiger partial charge in [0.1, 0.15) is 9.91 Å². The van der Waals surface area contributed by atoms with Gasteiger partial charge in [0.2, 0.25) is 5.91 Å². The number of carbonyl (C=O) groups is 1. The number of hydrogen-bond acceptors (Lipinski definition) is 4. The van der Waals surface area contributed by atoms with Crippen molar-refractivity contribution in [2.75, 3.05) is 6.54 Å². The van der Waals surface area contributed by atoms with Gasteiger partial charge in [-0.3, -0.25) is 4.79 Å². The summed E-state index contributed by atoms with van der Waals surface area (Å²) in [5, 5.41) is 7.94. The lowest BCUT2D eigenvalue weighted by molar-refractivity contribution is -0.134. The third-order valence-corrected chi connectivity index (χ3v) is 7.14. The molecule has 0 saturated heterocycles. The van der Waals surface area contributed by atoms with Gasteiger partial charge in [-0.05, 0) is 55.0 Å². The molecule has 27 heavy (non-hydrogen) atoms. The van der Waals surface area contributed by atoms with E-state index < -0.39 is 4.87 Å². The predicted molar refractivity (Wildman–Crippen MR) is 112 cm³/mol. The lowest BCUT2D eigenvalue weighted by Gasteiger charge is -2.45. The smallest absolute Gasteiger partial charge is 0.241 e. The molecule has 1 aliphatic heterocycles. The first-order valence-electron chi connectivity index (χ1n) is 9.19. The van der Waals surface area contributed by atoms with Crippen LogP contribution in [-0.2, 0) is 16.1 Å². The number of halogens is 1. The first kappa shape index (κ1) is 18.5. The van der Waals surface area contributed by atoms with Crippen LogP contribution in [0.25, 0.3) is 0 Å². The standard InChI is InChI=1S/C21H22ClN3OS/c1-14(26)25-21(27-20(24-25)16-6-4-7-18(22)13-16)17(11-12-23)10-9-15-5-2-3-8-19(15)21/h2-8,13,17H,9-12,23H2,1H3/t17-,21+/m0/s1. The average Bonchev–Trinajstić information content (AvgIpc) is 3.06. The molecule has 2 aromatic rings. The minimum absolute atomic E-state index is 0.0572. The minimum Gasteiger partial charge on any atom is -0.330 e. The second-order valence-corrected chi connectivity index (χ2v) is 8.66. The van der Waals surface area contributed by atoms with E-state index in [4.69, 9.17) is 22.4 Å². The maximum atomic E-state index is 12.7. The molecular formula is C21H22ClN3OS. The molecule has 4 rings (SSSR count). The number of nitrogens with two attached hydrogens (primary N) is 1. The molecule has 2 atom stereocenters. The Morgan fingerprint density at radius 1 is 1.33 bits per heavy atom. The molecular weight excluding hydrogens is 378 g/mol. The summed E-state index contributed by atoms with van der Waals surface area (Å²) in [6.45, 7) is 2.18. The highest BCUT2D eigenvalue weighted by atomic mass is 35.5. The number of benzene rings is 2. The van der Waals surface area contributed by atoms with Crippen LogP contribution in [0.3, 0.4) is 0 Å². The fourth-order valence-electron chi connectivity index (χ4n) is 4.22. The minimum atomic E-state index is -0.544. The van der Waals surface area contributed by atoms with Crippen LogP contribution in [0.15, 0.2) is 53.6 Å². The predicted octanol–water partition coefficient (Wildman–Crippen LogP) is 4.36. The molecule has 2 aromatic carbocycles. The summed E-state index contributed by atoms with van der Waals surface area (Å²) >= 11 is 7.86. The fraction of sp³-hybridized carbons (Fsp3) is 0.333. The summed E-state index contributed by atoms with van der Waals surface area (Å²) in [4.78, 5) is 12.1. The Hall–Kier alpha value is -1.82. The Bertz CT molecular complexity index is 916. The number of amides is 1. The van der Waals surface area contributed by atoms with Gasteiger partial charge >= 0.3 is 0 Å². The molecule has 2 aliphatic rings. The summed E-state index contributed by atoms with van der Waals surface area (Å²) in [5.74, 6) is 0.185. The summed E-state index contributed by atoms with van der Waals surface area (Å²) in [7, 11) is 0. The number of hydrogen-bond donors (Lipinski definition) is 1. The monoisotopic (exact) mass is 399 g/mol. The fourth-order valence-corrected chi connectivity index (χ4v) is 6.04. The quantitative estimate of drug-likeness (QED) is 0.834. The van der Waals surface area contributed by atoms with Gasteiger partial charge in [-0.25, -0.2) is 5.01 Å². The van der Waals surface area contributed by atoms with E-state index in [9.17, 15) is 4.79 Å². The van der Waals surface area contributed by atoms with E-state index >= 15 is 0 Å². The zero-order valence-corrected chi connectivity index (χ0v) is 16.8. The van der Waals surface area contributed by atoms with Crippen LogP contribution in [0.5, 0.6) is 0 Å². The average molecular weight is 400 g/mol. The van der Waals surface area contributed by atoms with Gasteiger partial charge in [0.15, 0.2) is 0 Å². The number of rotatable bonds is 3. The van der Waals surface area contributed by atoms with Crippen molar-refractivity contribution in [3.63, 3.8) is 0 Å². The number of carbonyl (C=O) groups excluding carboxylic acids is 1. The van der Waals surface area contributed by atoms with E-state index in [-0.39, 0.29) is 11.8 Å². The van der Waals surface area contributed by atoms with E-state index in [0.717, 1.165) is 29.9 Å². The molecule has 0 aromatic heterocycles. The molecule has 1 spiro atoms. The van der Waals surface area contributed by atoms with Crippen molar-refractivity contribution in [3.8, 4) is 0 Å². The highest BCUT2D eigenvalue weighted by Gasteiger charge is 2.54. The molecule has 1 amide bonds. The zero-order chi connectivity index (χ0) is 19.0. The molecule has 0 saturated carbocycles. The van der Waals surface area contributed by atoms with Crippen molar-refractivity contribution in [3.05, 3.63) is 70.2 Å². The normalized spacial score (nSPS) is 24.0. The molecule has 140 valence electrons. The van der Waals surface area contributed by atoms with E-state index in [1.54, 1.807) is 23.7 Å². The van der Waals surface area contributed by atoms with Crippen molar-refractivity contribution in [2.45, 2.75) is 31.1 Å². The largest absolute Gasteiger partial charge is 0.330 e. The number of nitrogens with zero attached hydrogens (tertiary/aromatic N) is 2. The topological polar surface area (TPSA) is 58.7 Å². The Morgan fingerprint density at radius 3 is 2.89 bits per heavy atom. The van der Waals surface area contributed by atoms with Crippen LogP contribution in [0.4, 0.5) is 0 Å². The van der Waals surface area contributed by atoms with Gasteiger partial charge in [-0.2, -0.15) is 5.10 Å². The third-order valence-electron chi connectivity index (χ3n) is 5.36. The van der Waals surface area contributed by atoms with Gasteiger partial charge in [0.05, 0.1) is 0 Å². The van der Waals surface area contributed by atoms with Crippen LogP contribution < -0.4 is 5.73 Å². The molecule has 0 radical (unpaired) electrons. The van der Waals surface area contributed by atoms with E-state index in [2.05, 4.69) is 18.2 Å². The Kier molecular flexibility index (Phi) is 5.01. The second-order valence-electron chi connectivity index (χ2n) is 7.01. The van der Waals surface area contributed by atoms with Crippen molar-refractivity contribution in [2.24, 2.45) is 16.8 Å². The van der Waals surface area contributed by atoms with Crippen molar-refractivity contribution >= 4 is 34.3 Å². The molecule has 0 bridgehead atoms. The Labute approximate surface area is 168 Å². The van der Waals surface area contributed by atoms with Gasteiger partial charge in [0, 0.05) is 17.5 Å². The molecule has 2 N–H and O–H groups in total. The van der Waals surface area contributed by atoms with Gasteiger partial charge < -0.3 is 5.73 Å². The molecule has 0 fully saturated rings. The molecule has 0 unspecified atom stereocenters. The number of thioether (sulfide) groups is 1. The highest BCUT2D eigenvalue weighted by Crippen LogP contribution is 2.57. The maximum Gasteiger partial charge on any atom is 0.241 e. The maximum absolute atomic E-state index is 12.7. The highest BCUT2D eigenvalue weighted by molar-refractivity contribution is 8.15.